The fourth-order valence-corrected chi connectivity index (χ4v) is 5.68. The zero-order valence-corrected chi connectivity index (χ0v) is 22.1. The van der Waals surface area contributed by atoms with Crippen LogP contribution in [0, 0.1) is 0 Å². The molecule has 2 heterocycles. The molecule has 1 saturated heterocycles. The van der Waals surface area contributed by atoms with Crippen LogP contribution in [0.2, 0.25) is 0 Å². The van der Waals surface area contributed by atoms with Gasteiger partial charge in [0.25, 0.3) is 0 Å². The van der Waals surface area contributed by atoms with Crippen molar-refractivity contribution < 1.29 is 0 Å². The molecule has 0 bridgehead atoms. The van der Waals surface area contributed by atoms with E-state index in [4.69, 9.17) is 4.99 Å². The van der Waals surface area contributed by atoms with Gasteiger partial charge in [-0.05, 0) is 70.7 Å². The van der Waals surface area contributed by atoms with Gasteiger partial charge < -0.3 is 20.4 Å². The molecule has 2 aliphatic rings. The van der Waals surface area contributed by atoms with Crippen molar-refractivity contribution >= 4 is 41.3 Å². The van der Waals surface area contributed by atoms with Crippen molar-refractivity contribution in [2.45, 2.75) is 57.3 Å². The molecule has 1 aliphatic carbocycles. The molecule has 1 aliphatic heterocycles. The minimum atomic E-state index is 0. The van der Waals surface area contributed by atoms with Crippen LogP contribution in [0.5, 0.6) is 0 Å². The van der Waals surface area contributed by atoms with Crippen LogP contribution in [0.3, 0.4) is 0 Å². The lowest BCUT2D eigenvalue weighted by molar-refractivity contribution is 0.273. The molecule has 3 rings (SSSR count). The highest BCUT2D eigenvalue weighted by Crippen LogP contribution is 2.41. The van der Waals surface area contributed by atoms with Gasteiger partial charge in [0.1, 0.15) is 0 Å². The lowest BCUT2D eigenvalue weighted by Gasteiger charge is -2.35. The van der Waals surface area contributed by atoms with Crippen LogP contribution in [-0.4, -0.2) is 75.2 Å². The van der Waals surface area contributed by atoms with E-state index in [-0.39, 0.29) is 29.4 Å². The number of hydrogen-bond donors (Lipinski definition) is 2. The lowest BCUT2D eigenvalue weighted by atomic mass is 9.73. The number of nitrogens with zero attached hydrogens (tertiary/aromatic N) is 3. The second-order valence-corrected chi connectivity index (χ2v) is 9.74. The average Bonchev–Trinajstić information content (AvgIpc) is 3.21. The molecular weight excluding hydrogens is 505 g/mol. The molecule has 0 spiro atoms. The van der Waals surface area contributed by atoms with Crippen molar-refractivity contribution in [3.63, 3.8) is 0 Å². The molecule has 0 unspecified atom stereocenters. The number of guanidine groups is 1. The van der Waals surface area contributed by atoms with Crippen molar-refractivity contribution in [1.29, 1.82) is 0 Å². The van der Waals surface area contributed by atoms with E-state index in [1.165, 1.54) is 82.5 Å². The third kappa shape index (κ3) is 7.95. The molecular formula is C23H42IN5S. The Morgan fingerprint density at radius 3 is 2.67 bits per heavy atom. The average molecular weight is 548 g/mol. The summed E-state index contributed by atoms with van der Waals surface area (Å²) in [5.41, 5.74) is 0.257. The third-order valence-electron chi connectivity index (χ3n) is 6.49. The number of likely N-dealkylation sites (N-methyl/N-ethyl adjacent to an activating group) is 1. The Morgan fingerprint density at radius 2 is 1.93 bits per heavy atom. The second kappa shape index (κ2) is 13.9. The van der Waals surface area contributed by atoms with Crippen molar-refractivity contribution in [2.24, 2.45) is 4.99 Å². The molecule has 0 amide bonds. The normalized spacial score (nSPS) is 20.9. The van der Waals surface area contributed by atoms with Gasteiger partial charge in [-0.1, -0.05) is 25.3 Å². The highest BCUT2D eigenvalue weighted by atomic mass is 127. The predicted octanol–water partition coefficient (Wildman–Crippen LogP) is 4.15. The summed E-state index contributed by atoms with van der Waals surface area (Å²) >= 11 is 1.91. The largest absolute Gasteiger partial charge is 0.357 e. The van der Waals surface area contributed by atoms with Crippen molar-refractivity contribution in [2.75, 3.05) is 59.4 Å². The molecule has 5 nitrogen and oxygen atoms in total. The monoisotopic (exact) mass is 547 g/mol. The fourth-order valence-electron chi connectivity index (χ4n) is 4.70. The summed E-state index contributed by atoms with van der Waals surface area (Å²) in [6.45, 7) is 11.0. The van der Waals surface area contributed by atoms with Crippen molar-refractivity contribution in [3.8, 4) is 0 Å². The Hall–Kier alpha value is -0.380. The number of thiophene rings is 1. The molecule has 0 radical (unpaired) electrons. The summed E-state index contributed by atoms with van der Waals surface area (Å²) in [7, 11) is 2.24. The maximum absolute atomic E-state index is 5.06. The van der Waals surface area contributed by atoms with Crippen LogP contribution < -0.4 is 10.6 Å². The predicted molar refractivity (Wildman–Crippen MR) is 142 cm³/mol. The summed E-state index contributed by atoms with van der Waals surface area (Å²) in [6.07, 6.45) is 9.06. The Balaban J connectivity index is 0.00000320. The maximum atomic E-state index is 5.06. The van der Waals surface area contributed by atoms with Crippen molar-refractivity contribution in [3.05, 3.63) is 22.4 Å². The number of hydrogen-bond acceptors (Lipinski definition) is 4. The van der Waals surface area contributed by atoms with E-state index >= 15 is 0 Å². The molecule has 172 valence electrons. The van der Waals surface area contributed by atoms with E-state index in [0.717, 1.165) is 25.6 Å². The van der Waals surface area contributed by atoms with E-state index in [9.17, 15) is 0 Å². The lowest BCUT2D eigenvalue weighted by Crippen LogP contribution is -2.41. The summed E-state index contributed by atoms with van der Waals surface area (Å²) in [5.74, 6) is 0.990. The topological polar surface area (TPSA) is 42.9 Å². The van der Waals surface area contributed by atoms with Crippen LogP contribution in [0.1, 0.15) is 56.7 Å². The van der Waals surface area contributed by atoms with E-state index in [1.807, 2.05) is 11.3 Å². The molecule has 1 aromatic heterocycles. The van der Waals surface area contributed by atoms with Gasteiger partial charge in [-0.25, -0.2) is 0 Å². The first kappa shape index (κ1) is 25.9. The first-order valence-corrected chi connectivity index (χ1v) is 12.6. The smallest absolute Gasteiger partial charge is 0.191 e. The third-order valence-corrected chi connectivity index (χ3v) is 7.61. The molecule has 0 atom stereocenters. The van der Waals surface area contributed by atoms with E-state index in [2.05, 4.69) is 51.9 Å². The summed E-state index contributed by atoms with van der Waals surface area (Å²) in [5, 5.41) is 9.27. The summed E-state index contributed by atoms with van der Waals surface area (Å²) in [4.78, 5) is 11.6. The van der Waals surface area contributed by atoms with Gasteiger partial charge in [-0.15, -0.1) is 35.3 Å². The van der Waals surface area contributed by atoms with Crippen LogP contribution in [0.4, 0.5) is 0 Å². The first-order chi connectivity index (χ1) is 14.2. The van der Waals surface area contributed by atoms with Gasteiger partial charge in [0, 0.05) is 36.5 Å². The molecule has 30 heavy (non-hydrogen) atoms. The Morgan fingerprint density at radius 1 is 1.10 bits per heavy atom. The highest BCUT2D eigenvalue weighted by Gasteiger charge is 2.34. The second-order valence-electron chi connectivity index (χ2n) is 8.79. The Bertz CT molecular complexity index is 601. The van der Waals surface area contributed by atoms with Gasteiger partial charge in [0.15, 0.2) is 5.96 Å². The van der Waals surface area contributed by atoms with Gasteiger partial charge >= 0.3 is 0 Å². The molecule has 1 aromatic rings. The molecule has 1 saturated carbocycles. The SMILES string of the molecule is CCNC(=NCC1(c2cccs2)CCCCC1)NCCCN1CCCN(C)CC1.I. The minimum absolute atomic E-state index is 0. The van der Waals surface area contributed by atoms with E-state index in [1.54, 1.807) is 0 Å². The van der Waals surface area contributed by atoms with Crippen molar-refractivity contribution in [1.82, 2.24) is 20.4 Å². The summed E-state index contributed by atoms with van der Waals surface area (Å²) < 4.78 is 0. The van der Waals surface area contributed by atoms with E-state index in [0.29, 0.717) is 0 Å². The zero-order valence-electron chi connectivity index (χ0n) is 19.0. The van der Waals surface area contributed by atoms with Gasteiger partial charge in [-0.3, -0.25) is 4.99 Å². The number of nitrogens with one attached hydrogen (secondary N) is 2. The zero-order chi connectivity index (χ0) is 20.4. The Labute approximate surface area is 205 Å². The van der Waals surface area contributed by atoms with Crippen LogP contribution in [0.15, 0.2) is 22.5 Å². The molecule has 0 aromatic carbocycles. The van der Waals surface area contributed by atoms with Crippen LogP contribution >= 0.6 is 35.3 Å². The van der Waals surface area contributed by atoms with Gasteiger partial charge in [0.2, 0.25) is 0 Å². The minimum Gasteiger partial charge on any atom is -0.357 e. The molecule has 2 fully saturated rings. The first-order valence-electron chi connectivity index (χ1n) is 11.7. The standard InChI is InChI=1S/C23H41N5S.HI/c1-3-24-22(25-13-8-15-28-16-9-14-27(2)17-18-28)26-20-23(11-5-4-6-12-23)21-10-7-19-29-21;/h7,10,19H,3-6,8-9,11-18,20H2,1-2H3,(H2,24,25,26);1H. The summed E-state index contributed by atoms with van der Waals surface area (Å²) in [6, 6.07) is 4.52. The van der Waals surface area contributed by atoms with Crippen LogP contribution in [0.25, 0.3) is 0 Å². The van der Waals surface area contributed by atoms with Gasteiger partial charge in [-0.2, -0.15) is 0 Å². The van der Waals surface area contributed by atoms with Gasteiger partial charge in [0.05, 0.1) is 6.54 Å². The Kier molecular flexibility index (Phi) is 12.0. The fraction of sp³-hybridized carbons (Fsp3) is 0.783. The number of aliphatic imine (C=N–C) groups is 1. The quantitative estimate of drug-likeness (QED) is 0.222. The highest BCUT2D eigenvalue weighted by molar-refractivity contribution is 14.0. The molecule has 7 heteroatoms. The van der Waals surface area contributed by atoms with Crippen LogP contribution in [-0.2, 0) is 5.41 Å². The maximum Gasteiger partial charge on any atom is 0.191 e. The number of rotatable bonds is 8. The molecule has 2 N–H and O–H groups in total. The number of halogens is 1. The van der Waals surface area contributed by atoms with E-state index < -0.39 is 0 Å².